The zero-order chi connectivity index (χ0) is 19.1. The molecule has 0 saturated heterocycles. The molecule has 0 heterocycles. The maximum Gasteiger partial charge on any atom is 0.335 e. The maximum absolute atomic E-state index is 12.7. The highest BCUT2D eigenvalue weighted by Gasteiger charge is 2.16. The largest absolute Gasteiger partial charge is 0.478 e. The minimum absolute atomic E-state index is 0.0903. The Kier molecular flexibility index (Phi) is 6.49. The summed E-state index contributed by atoms with van der Waals surface area (Å²) in [6.07, 6.45) is 0.823. The minimum atomic E-state index is -0.982. The van der Waals surface area contributed by atoms with Crippen LogP contribution < -0.4 is 10.6 Å². The standard InChI is InChI=1S/C20H22N2O4/c1-14-3-2-4-17(13-14)22(12-11-18(21)23)19(24)10-7-15-5-8-16(9-6-15)20(25)26/h2-6,8-9,13H,7,10-12H2,1H3,(H2,21,23)(H,25,26). The monoisotopic (exact) mass is 354 g/mol. The van der Waals surface area contributed by atoms with E-state index >= 15 is 0 Å². The Morgan fingerprint density at radius 2 is 1.73 bits per heavy atom. The minimum Gasteiger partial charge on any atom is -0.478 e. The van der Waals surface area contributed by atoms with Crippen molar-refractivity contribution in [3.63, 3.8) is 0 Å². The molecule has 0 aliphatic heterocycles. The lowest BCUT2D eigenvalue weighted by Crippen LogP contribution is -2.34. The van der Waals surface area contributed by atoms with Crippen molar-refractivity contribution in [1.82, 2.24) is 0 Å². The first-order valence-electron chi connectivity index (χ1n) is 8.34. The van der Waals surface area contributed by atoms with Crippen LogP contribution in [-0.2, 0) is 16.0 Å². The lowest BCUT2D eigenvalue weighted by Gasteiger charge is -2.23. The molecule has 2 rings (SSSR count). The molecule has 6 nitrogen and oxygen atoms in total. The summed E-state index contributed by atoms with van der Waals surface area (Å²) in [5, 5.41) is 8.92. The number of carboxylic acid groups (broad SMARTS) is 1. The van der Waals surface area contributed by atoms with Crippen LogP contribution in [0.3, 0.4) is 0 Å². The first-order valence-corrected chi connectivity index (χ1v) is 8.34. The molecule has 0 aliphatic rings. The average Bonchev–Trinajstić information content (AvgIpc) is 2.60. The van der Waals surface area contributed by atoms with E-state index in [1.54, 1.807) is 17.0 Å². The zero-order valence-corrected chi connectivity index (χ0v) is 14.6. The summed E-state index contributed by atoms with van der Waals surface area (Å²) in [5.41, 5.74) is 8.07. The summed E-state index contributed by atoms with van der Waals surface area (Å²) in [6, 6.07) is 14.0. The van der Waals surface area contributed by atoms with Crippen molar-refractivity contribution in [3.05, 3.63) is 65.2 Å². The van der Waals surface area contributed by atoms with Crippen LogP contribution in [0, 0.1) is 6.92 Å². The van der Waals surface area contributed by atoms with Crippen molar-refractivity contribution in [2.24, 2.45) is 5.73 Å². The smallest absolute Gasteiger partial charge is 0.335 e. The summed E-state index contributed by atoms with van der Waals surface area (Å²) in [4.78, 5) is 36.3. The highest BCUT2D eigenvalue weighted by atomic mass is 16.4. The molecular formula is C20H22N2O4. The topological polar surface area (TPSA) is 101 Å². The van der Waals surface area contributed by atoms with Crippen LogP contribution in [0.2, 0.25) is 0 Å². The van der Waals surface area contributed by atoms with Crippen molar-refractivity contribution in [3.8, 4) is 0 Å². The quantitative estimate of drug-likeness (QED) is 0.760. The number of aryl methyl sites for hydroxylation is 2. The number of rotatable bonds is 8. The first kappa shape index (κ1) is 19.2. The molecule has 0 bridgehead atoms. The highest BCUT2D eigenvalue weighted by Crippen LogP contribution is 2.18. The second-order valence-corrected chi connectivity index (χ2v) is 6.10. The molecule has 0 atom stereocenters. The molecule has 0 aromatic heterocycles. The Labute approximate surface area is 152 Å². The van der Waals surface area contributed by atoms with E-state index in [9.17, 15) is 14.4 Å². The molecule has 2 aromatic rings. The number of carbonyl (C=O) groups excluding carboxylic acids is 2. The molecular weight excluding hydrogens is 332 g/mol. The number of hydrogen-bond donors (Lipinski definition) is 2. The van der Waals surface area contributed by atoms with Crippen LogP contribution in [0.1, 0.15) is 34.3 Å². The van der Waals surface area contributed by atoms with Crippen molar-refractivity contribution in [1.29, 1.82) is 0 Å². The van der Waals surface area contributed by atoms with Crippen molar-refractivity contribution >= 4 is 23.5 Å². The molecule has 0 unspecified atom stereocenters. The number of amides is 2. The zero-order valence-electron chi connectivity index (χ0n) is 14.6. The Hall–Kier alpha value is -3.15. The number of hydrogen-bond acceptors (Lipinski definition) is 3. The highest BCUT2D eigenvalue weighted by molar-refractivity contribution is 5.94. The molecule has 0 saturated carbocycles. The fourth-order valence-corrected chi connectivity index (χ4v) is 2.62. The molecule has 2 amide bonds. The third-order valence-corrected chi connectivity index (χ3v) is 4.02. The van der Waals surface area contributed by atoms with Gasteiger partial charge in [-0.2, -0.15) is 0 Å². The lowest BCUT2D eigenvalue weighted by atomic mass is 10.1. The summed E-state index contributed by atoms with van der Waals surface area (Å²) >= 11 is 0. The third-order valence-electron chi connectivity index (χ3n) is 4.02. The van der Waals surface area contributed by atoms with Crippen LogP contribution in [0.25, 0.3) is 0 Å². The van der Waals surface area contributed by atoms with E-state index in [0.29, 0.717) is 6.42 Å². The maximum atomic E-state index is 12.7. The van der Waals surface area contributed by atoms with Gasteiger partial charge in [0.25, 0.3) is 0 Å². The second-order valence-electron chi connectivity index (χ2n) is 6.10. The molecule has 3 N–H and O–H groups in total. The van der Waals surface area contributed by atoms with E-state index in [-0.39, 0.29) is 30.9 Å². The molecule has 26 heavy (non-hydrogen) atoms. The van der Waals surface area contributed by atoms with Gasteiger partial charge in [0.05, 0.1) is 5.56 Å². The van der Waals surface area contributed by atoms with Crippen molar-refractivity contribution in [2.45, 2.75) is 26.2 Å². The SMILES string of the molecule is Cc1cccc(N(CCC(N)=O)C(=O)CCc2ccc(C(=O)O)cc2)c1. The molecule has 0 spiro atoms. The Morgan fingerprint density at radius 1 is 1.04 bits per heavy atom. The van der Waals surface area contributed by atoms with Gasteiger partial charge < -0.3 is 15.7 Å². The fourth-order valence-electron chi connectivity index (χ4n) is 2.62. The Morgan fingerprint density at radius 3 is 2.31 bits per heavy atom. The Balaban J connectivity index is 2.07. The number of benzene rings is 2. The average molecular weight is 354 g/mol. The molecule has 0 radical (unpaired) electrons. The summed E-state index contributed by atoms with van der Waals surface area (Å²) in [5.74, 6) is -1.55. The summed E-state index contributed by atoms with van der Waals surface area (Å²) in [6.45, 7) is 2.17. The number of carbonyl (C=O) groups is 3. The van der Waals surface area contributed by atoms with E-state index in [1.165, 1.54) is 12.1 Å². The number of aromatic carboxylic acids is 1. The summed E-state index contributed by atoms with van der Waals surface area (Å²) < 4.78 is 0. The van der Waals surface area contributed by atoms with Crippen LogP contribution in [0.15, 0.2) is 48.5 Å². The second kappa shape index (κ2) is 8.80. The van der Waals surface area contributed by atoms with Gasteiger partial charge in [-0.05, 0) is 48.7 Å². The normalized spacial score (nSPS) is 10.3. The molecule has 0 fully saturated rings. The van der Waals surface area contributed by atoms with Gasteiger partial charge in [-0.25, -0.2) is 4.79 Å². The van der Waals surface area contributed by atoms with Gasteiger partial charge in [0, 0.05) is 25.1 Å². The van der Waals surface area contributed by atoms with E-state index in [2.05, 4.69) is 0 Å². The van der Waals surface area contributed by atoms with E-state index in [1.807, 2.05) is 31.2 Å². The van der Waals surface area contributed by atoms with Gasteiger partial charge in [-0.15, -0.1) is 0 Å². The first-order chi connectivity index (χ1) is 12.4. The van der Waals surface area contributed by atoms with Gasteiger partial charge in [0.2, 0.25) is 11.8 Å². The molecule has 0 aliphatic carbocycles. The molecule has 6 heteroatoms. The van der Waals surface area contributed by atoms with Crippen LogP contribution >= 0.6 is 0 Å². The number of nitrogens with two attached hydrogens (primary N) is 1. The molecule has 2 aromatic carbocycles. The van der Waals surface area contributed by atoms with Gasteiger partial charge in [-0.3, -0.25) is 9.59 Å². The van der Waals surface area contributed by atoms with Crippen LogP contribution in [0.4, 0.5) is 5.69 Å². The fraction of sp³-hybridized carbons (Fsp3) is 0.250. The van der Waals surface area contributed by atoms with Crippen molar-refractivity contribution < 1.29 is 19.5 Å². The summed E-state index contributed by atoms with van der Waals surface area (Å²) in [7, 11) is 0. The number of anilines is 1. The number of carboxylic acids is 1. The number of primary amides is 1. The Bertz CT molecular complexity index is 800. The number of nitrogens with zero attached hydrogens (tertiary/aromatic N) is 1. The van der Waals surface area contributed by atoms with Gasteiger partial charge in [-0.1, -0.05) is 24.3 Å². The van der Waals surface area contributed by atoms with E-state index in [0.717, 1.165) is 16.8 Å². The predicted molar refractivity (Wildman–Crippen MR) is 99.1 cm³/mol. The van der Waals surface area contributed by atoms with Crippen LogP contribution in [0.5, 0.6) is 0 Å². The van der Waals surface area contributed by atoms with E-state index in [4.69, 9.17) is 10.8 Å². The third kappa shape index (κ3) is 5.44. The van der Waals surface area contributed by atoms with Crippen molar-refractivity contribution in [2.75, 3.05) is 11.4 Å². The lowest BCUT2D eigenvalue weighted by molar-refractivity contribution is -0.119. The van der Waals surface area contributed by atoms with Gasteiger partial charge >= 0.3 is 5.97 Å². The van der Waals surface area contributed by atoms with E-state index < -0.39 is 11.9 Å². The predicted octanol–water partition coefficient (Wildman–Crippen LogP) is 2.53. The van der Waals surface area contributed by atoms with Gasteiger partial charge in [0.1, 0.15) is 0 Å². The van der Waals surface area contributed by atoms with Crippen LogP contribution in [-0.4, -0.2) is 29.4 Å². The molecule has 136 valence electrons. The van der Waals surface area contributed by atoms with Gasteiger partial charge in [0.15, 0.2) is 0 Å².